The van der Waals surface area contributed by atoms with Gasteiger partial charge < -0.3 is 5.73 Å². The molecule has 0 radical (unpaired) electrons. The second kappa shape index (κ2) is 6.12. The second-order valence-electron chi connectivity index (χ2n) is 4.60. The number of benzene rings is 1. The number of nitrogens with two attached hydrogens (primary N) is 1. The molecule has 1 heterocycles. The van der Waals surface area contributed by atoms with Gasteiger partial charge in [-0.15, -0.1) is 11.3 Å². The van der Waals surface area contributed by atoms with Gasteiger partial charge in [-0.25, -0.2) is 4.98 Å². The third-order valence-electron chi connectivity index (χ3n) is 3.20. The summed E-state index contributed by atoms with van der Waals surface area (Å²) in [6, 6.07) is 8.67. The standard InChI is InChI=1S/C15H20N2S/c1-3-12-4-6-13(7-5-12)14-10-18-15(17-14)11(2)8-9-16/h4-7,10-11H,3,8-9,16H2,1-2H3. The number of hydrogen-bond acceptors (Lipinski definition) is 3. The molecular formula is C15H20N2S. The highest BCUT2D eigenvalue weighted by Crippen LogP contribution is 2.27. The molecule has 0 aliphatic carbocycles. The highest BCUT2D eigenvalue weighted by molar-refractivity contribution is 7.10. The Morgan fingerprint density at radius 2 is 2.00 bits per heavy atom. The number of aryl methyl sites for hydroxylation is 1. The monoisotopic (exact) mass is 260 g/mol. The largest absolute Gasteiger partial charge is 0.330 e. The van der Waals surface area contributed by atoms with Gasteiger partial charge in [-0.1, -0.05) is 38.1 Å². The van der Waals surface area contributed by atoms with Crippen LogP contribution in [-0.4, -0.2) is 11.5 Å². The van der Waals surface area contributed by atoms with Crippen molar-refractivity contribution in [1.82, 2.24) is 4.98 Å². The van der Waals surface area contributed by atoms with Crippen LogP contribution in [0.4, 0.5) is 0 Å². The van der Waals surface area contributed by atoms with Crippen LogP contribution in [0.25, 0.3) is 11.3 Å². The van der Waals surface area contributed by atoms with Gasteiger partial charge in [-0.2, -0.15) is 0 Å². The first-order valence-electron chi connectivity index (χ1n) is 6.49. The minimum atomic E-state index is 0.462. The molecule has 1 unspecified atom stereocenters. The SMILES string of the molecule is CCc1ccc(-c2csc(C(C)CCN)n2)cc1. The topological polar surface area (TPSA) is 38.9 Å². The highest BCUT2D eigenvalue weighted by atomic mass is 32.1. The fourth-order valence-corrected chi connectivity index (χ4v) is 2.85. The van der Waals surface area contributed by atoms with E-state index >= 15 is 0 Å². The lowest BCUT2D eigenvalue weighted by Crippen LogP contribution is -2.04. The van der Waals surface area contributed by atoms with E-state index in [9.17, 15) is 0 Å². The van der Waals surface area contributed by atoms with E-state index in [0.29, 0.717) is 5.92 Å². The van der Waals surface area contributed by atoms with Gasteiger partial charge in [0.1, 0.15) is 0 Å². The molecular weight excluding hydrogens is 240 g/mol. The van der Waals surface area contributed by atoms with Crippen molar-refractivity contribution in [1.29, 1.82) is 0 Å². The minimum Gasteiger partial charge on any atom is -0.330 e. The molecule has 1 aromatic heterocycles. The molecule has 0 spiro atoms. The van der Waals surface area contributed by atoms with Gasteiger partial charge in [-0.3, -0.25) is 0 Å². The van der Waals surface area contributed by atoms with Crippen molar-refractivity contribution in [3.05, 3.63) is 40.2 Å². The average molecular weight is 260 g/mol. The molecule has 2 rings (SSSR count). The Kier molecular flexibility index (Phi) is 4.50. The van der Waals surface area contributed by atoms with E-state index in [2.05, 4.69) is 43.5 Å². The van der Waals surface area contributed by atoms with Crippen LogP contribution in [0.3, 0.4) is 0 Å². The maximum absolute atomic E-state index is 5.59. The van der Waals surface area contributed by atoms with Crippen molar-refractivity contribution in [2.75, 3.05) is 6.54 Å². The Labute approximate surface area is 113 Å². The molecule has 0 aliphatic heterocycles. The number of rotatable bonds is 5. The van der Waals surface area contributed by atoms with Crippen LogP contribution in [0, 0.1) is 0 Å². The summed E-state index contributed by atoms with van der Waals surface area (Å²) in [5, 5.41) is 3.33. The van der Waals surface area contributed by atoms with E-state index in [1.807, 2.05) is 0 Å². The van der Waals surface area contributed by atoms with Gasteiger partial charge >= 0.3 is 0 Å². The molecule has 0 bridgehead atoms. The van der Waals surface area contributed by atoms with Crippen LogP contribution in [0.2, 0.25) is 0 Å². The van der Waals surface area contributed by atoms with Crippen molar-refractivity contribution < 1.29 is 0 Å². The van der Waals surface area contributed by atoms with Gasteiger partial charge in [0.25, 0.3) is 0 Å². The minimum absolute atomic E-state index is 0.462. The zero-order valence-corrected chi connectivity index (χ0v) is 11.8. The summed E-state index contributed by atoms with van der Waals surface area (Å²) in [6.07, 6.45) is 2.08. The summed E-state index contributed by atoms with van der Waals surface area (Å²) >= 11 is 1.74. The highest BCUT2D eigenvalue weighted by Gasteiger charge is 2.10. The van der Waals surface area contributed by atoms with Gasteiger partial charge in [-0.05, 0) is 24.9 Å². The Morgan fingerprint density at radius 3 is 2.61 bits per heavy atom. The van der Waals surface area contributed by atoms with Crippen molar-refractivity contribution >= 4 is 11.3 Å². The van der Waals surface area contributed by atoms with Gasteiger partial charge in [0.15, 0.2) is 0 Å². The van der Waals surface area contributed by atoms with Crippen molar-refractivity contribution in [3.8, 4) is 11.3 Å². The second-order valence-corrected chi connectivity index (χ2v) is 5.49. The maximum Gasteiger partial charge on any atom is 0.0961 e. The van der Waals surface area contributed by atoms with Crippen LogP contribution in [0.1, 0.15) is 36.8 Å². The summed E-state index contributed by atoms with van der Waals surface area (Å²) in [4.78, 5) is 4.72. The van der Waals surface area contributed by atoms with E-state index < -0.39 is 0 Å². The van der Waals surface area contributed by atoms with E-state index in [1.54, 1.807) is 11.3 Å². The molecule has 2 nitrogen and oxygen atoms in total. The normalized spacial score (nSPS) is 12.6. The summed E-state index contributed by atoms with van der Waals surface area (Å²) in [5.74, 6) is 0.462. The van der Waals surface area contributed by atoms with E-state index in [0.717, 1.165) is 25.1 Å². The molecule has 0 amide bonds. The first kappa shape index (κ1) is 13.2. The first-order chi connectivity index (χ1) is 8.74. The average Bonchev–Trinajstić information content (AvgIpc) is 2.89. The maximum atomic E-state index is 5.59. The molecule has 1 atom stereocenters. The molecule has 2 N–H and O–H groups in total. The third kappa shape index (κ3) is 2.98. The van der Waals surface area contributed by atoms with E-state index in [-0.39, 0.29) is 0 Å². The molecule has 0 saturated carbocycles. The molecule has 2 aromatic rings. The zero-order chi connectivity index (χ0) is 13.0. The van der Waals surface area contributed by atoms with E-state index in [1.165, 1.54) is 16.1 Å². The number of aromatic nitrogens is 1. The number of hydrogen-bond donors (Lipinski definition) is 1. The van der Waals surface area contributed by atoms with Crippen LogP contribution in [0.5, 0.6) is 0 Å². The fraction of sp³-hybridized carbons (Fsp3) is 0.400. The van der Waals surface area contributed by atoms with E-state index in [4.69, 9.17) is 10.7 Å². The fourth-order valence-electron chi connectivity index (χ4n) is 1.93. The predicted octanol–water partition coefficient (Wildman–Crippen LogP) is 3.82. The quantitative estimate of drug-likeness (QED) is 0.887. The summed E-state index contributed by atoms with van der Waals surface area (Å²) in [6.45, 7) is 5.08. The third-order valence-corrected chi connectivity index (χ3v) is 4.28. The van der Waals surface area contributed by atoms with Crippen LogP contribution in [-0.2, 0) is 6.42 Å². The van der Waals surface area contributed by atoms with Gasteiger partial charge in [0.2, 0.25) is 0 Å². The molecule has 96 valence electrons. The lowest BCUT2D eigenvalue weighted by atomic mass is 10.1. The molecule has 0 saturated heterocycles. The first-order valence-corrected chi connectivity index (χ1v) is 7.37. The van der Waals surface area contributed by atoms with Crippen LogP contribution >= 0.6 is 11.3 Å². The lowest BCUT2D eigenvalue weighted by molar-refractivity contribution is 0.685. The Balaban J connectivity index is 2.18. The number of thiazole rings is 1. The van der Waals surface area contributed by atoms with Crippen molar-refractivity contribution in [3.63, 3.8) is 0 Å². The summed E-state index contributed by atoms with van der Waals surface area (Å²) in [7, 11) is 0. The summed E-state index contributed by atoms with van der Waals surface area (Å²) in [5.41, 5.74) is 9.25. The zero-order valence-electron chi connectivity index (χ0n) is 11.0. The Hall–Kier alpha value is -1.19. The Morgan fingerprint density at radius 1 is 1.28 bits per heavy atom. The smallest absolute Gasteiger partial charge is 0.0961 e. The van der Waals surface area contributed by atoms with Gasteiger partial charge in [0.05, 0.1) is 10.7 Å². The number of nitrogens with zero attached hydrogens (tertiary/aromatic N) is 1. The molecule has 0 fully saturated rings. The lowest BCUT2D eigenvalue weighted by Gasteiger charge is -2.04. The predicted molar refractivity (Wildman–Crippen MR) is 79.0 cm³/mol. The van der Waals surface area contributed by atoms with Crippen molar-refractivity contribution in [2.24, 2.45) is 5.73 Å². The Bertz CT molecular complexity index is 487. The summed E-state index contributed by atoms with van der Waals surface area (Å²) < 4.78 is 0. The van der Waals surface area contributed by atoms with Gasteiger partial charge in [0, 0.05) is 16.9 Å². The molecule has 18 heavy (non-hydrogen) atoms. The molecule has 0 aliphatic rings. The van der Waals surface area contributed by atoms with Crippen LogP contribution in [0.15, 0.2) is 29.6 Å². The van der Waals surface area contributed by atoms with Crippen molar-refractivity contribution in [2.45, 2.75) is 32.6 Å². The van der Waals surface area contributed by atoms with Crippen LogP contribution < -0.4 is 5.73 Å². The molecule has 1 aromatic carbocycles. The molecule has 3 heteroatoms.